The predicted octanol–water partition coefficient (Wildman–Crippen LogP) is 2.65. The first-order chi connectivity index (χ1) is 9.17. The Balaban J connectivity index is 1.98. The first-order valence-corrected chi connectivity index (χ1v) is 6.40. The average molecular weight is 277 g/mol. The van der Waals surface area contributed by atoms with E-state index in [0.29, 0.717) is 5.82 Å². The van der Waals surface area contributed by atoms with Gasteiger partial charge in [0.15, 0.2) is 0 Å². The largest absolute Gasteiger partial charge is 0.308 e. The lowest BCUT2D eigenvalue weighted by atomic mass is 10.2. The molecule has 0 unspecified atom stereocenters. The van der Waals surface area contributed by atoms with Crippen molar-refractivity contribution in [2.24, 2.45) is 5.84 Å². The van der Waals surface area contributed by atoms with E-state index in [4.69, 9.17) is 17.4 Å². The van der Waals surface area contributed by atoms with Crippen LogP contribution in [0.1, 0.15) is 11.3 Å². The molecule has 0 spiro atoms. The fraction of sp³-hybridized carbons (Fsp3) is 0.214. The van der Waals surface area contributed by atoms with Crippen LogP contribution in [-0.2, 0) is 13.1 Å². The van der Waals surface area contributed by atoms with Gasteiger partial charge in [-0.15, -0.1) is 0 Å². The third kappa shape index (κ3) is 4.21. The maximum atomic E-state index is 5.98. The summed E-state index contributed by atoms with van der Waals surface area (Å²) in [7, 11) is 2.05. The van der Waals surface area contributed by atoms with Crippen LogP contribution in [0.15, 0.2) is 42.5 Å². The maximum absolute atomic E-state index is 5.98. The van der Waals surface area contributed by atoms with Gasteiger partial charge in [-0.25, -0.2) is 10.8 Å². The fourth-order valence-corrected chi connectivity index (χ4v) is 2.14. The number of benzene rings is 1. The monoisotopic (exact) mass is 276 g/mol. The molecule has 0 amide bonds. The Labute approximate surface area is 118 Å². The minimum atomic E-state index is 0.675. The van der Waals surface area contributed by atoms with E-state index in [1.807, 2.05) is 43.4 Å². The Morgan fingerprint density at radius 1 is 1.21 bits per heavy atom. The van der Waals surface area contributed by atoms with Crippen molar-refractivity contribution >= 4 is 17.4 Å². The molecule has 0 bridgehead atoms. The number of hydrogen-bond donors (Lipinski definition) is 2. The molecule has 0 aliphatic rings. The quantitative estimate of drug-likeness (QED) is 0.651. The van der Waals surface area contributed by atoms with Gasteiger partial charge in [0.2, 0.25) is 0 Å². The Hall–Kier alpha value is -1.62. The van der Waals surface area contributed by atoms with Crippen LogP contribution in [0.2, 0.25) is 5.02 Å². The van der Waals surface area contributed by atoms with Crippen LogP contribution in [0, 0.1) is 0 Å². The van der Waals surface area contributed by atoms with E-state index in [1.54, 1.807) is 0 Å². The van der Waals surface area contributed by atoms with Crippen LogP contribution in [0.4, 0.5) is 5.82 Å². The summed E-state index contributed by atoms with van der Waals surface area (Å²) in [6.45, 7) is 1.57. The molecule has 2 aromatic rings. The van der Waals surface area contributed by atoms with Crippen molar-refractivity contribution in [3.63, 3.8) is 0 Å². The molecular weight excluding hydrogens is 260 g/mol. The van der Waals surface area contributed by atoms with E-state index in [-0.39, 0.29) is 0 Å². The number of pyridine rings is 1. The first kappa shape index (κ1) is 13.8. The summed E-state index contributed by atoms with van der Waals surface area (Å²) < 4.78 is 0. The van der Waals surface area contributed by atoms with Crippen molar-refractivity contribution < 1.29 is 0 Å². The van der Waals surface area contributed by atoms with Crippen LogP contribution < -0.4 is 11.3 Å². The molecule has 5 heteroatoms. The van der Waals surface area contributed by atoms with Gasteiger partial charge in [-0.2, -0.15) is 0 Å². The van der Waals surface area contributed by atoms with Crippen molar-refractivity contribution in [3.8, 4) is 0 Å². The highest BCUT2D eigenvalue weighted by atomic mass is 35.5. The van der Waals surface area contributed by atoms with E-state index in [1.165, 1.54) is 5.56 Å². The summed E-state index contributed by atoms with van der Waals surface area (Å²) in [5, 5.41) is 0.762. The zero-order chi connectivity index (χ0) is 13.7. The summed E-state index contributed by atoms with van der Waals surface area (Å²) in [5.41, 5.74) is 4.71. The van der Waals surface area contributed by atoms with Gasteiger partial charge in [-0.1, -0.05) is 29.8 Å². The highest BCUT2D eigenvalue weighted by Gasteiger charge is 2.04. The lowest BCUT2D eigenvalue weighted by Crippen LogP contribution is -2.18. The summed E-state index contributed by atoms with van der Waals surface area (Å²) in [6, 6.07) is 13.6. The van der Waals surface area contributed by atoms with Crippen molar-refractivity contribution in [2.75, 3.05) is 12.5 Å². The van der Waals surface area contributed by atoms with E-state index in [2.05, 4.69) is 21.4 Å². The van der Waals surface area contributed by atoms with Crippen LogP contribution in [0.5, 0.6) is 0 Å². The van der Waals surface area contributed by atoms with Crippen LogP contribution in [-0.4, -0.2) is 16.9 Å². The van der Waals surface area contributed by atoms with Gasteiger partial charge in [0.05, 0.1) is 5.69 Å². The van der Waals surface area contributed by atoms with E-state index >= 15 is 0 Å². The standard InChI is InChI=1S/C14H17ClN4/c1-19(9-11-4-2-5-12(15)8-11)10-13-6-3-7-14(17-13)18-16/h2-8H,9-10,16H2,1H3,(H,17,18). The zero-order valence-corrected chi connectivity index (χ0v) is 11.6. The van der Waals surface area contributed by atoms with Gasteiger partial charge >= 0.3 is 0 Å². The van der Waals surface area contributed by atoms with Gasteiger partial charge < -0.3 is 5.43 Å². The van der Waals surface area contributed by atoms with Gasteiger partial charge in [0.1, 0.15) is 5.82 Å². The molecule has 19 heavy (non-hydrogen) atoms. The molecule has 0 fully saturated rings. The lowest BCUT2D eigenvalue weighted by molar-refractivity contribution is 0.315. The minimum Gasteiger partial charge on any atom is -0.308 e. The lowest BCUT2D eigenvalue weighted by Gasteiger charge is -2.16. The number of nitrogen functional groups attached to an aromatic ring is 1. The van der Waals surface area contributed by atoms with Crippen LogP contribution >= 0.6 is 11.6 Å². The molecular formula is C14H17ClN4. The minimum absolute atomic E-state index is 0.675. The van der Waals surface area contributed by atoms with Gasteiger partial charge in [-0.3, -0.25) is 4.90 Å². The molecule has 1 aromatic heterocycles. The third-order valence-corrected chi connectivity index (χ3v) is 2.96. The molecule has 100 valence electrons. The molecule has 4 nitrogen and oxygen atoms in total. The topological polar surface area (TPSA) is 54.2 Å². The Bertz CT molecular complexity index is 544. The number of aromatic nitrogens is 1. The van der Waals surface area contributed by atoms with Gasteiger partial charge in [-0.05, 0) is 36.9 Å². The van der Waals surface area contributed by atoms with Gasteiger partial charge in [0.25, 0.3) is 0 Å². The number of hydrogen-bond acceptors (Lipinski definition) is 4. The second-order valence-corrected chi connectivity index (χ2v) is 4.90. The van der Waals surface area contributed by atoms with E-state index in [0.717, 1.165) is 23.8 Å². The SMILES string of the molecule is CN(Cc1cccc(Cl)c1)Cc1cccc(NN)n1. The van der Waals surface area contributed by atoms with Crippen molar-refractivity contribution in [1.82, 2.24) is 9.88 Å². The van der Waals surface area contributed by atoms with Crippen LogP contribution in [0.25, 0.3) is 0 Å². The number of halogens is 1. The molecule has 0 radical (unpaired) electrons. The molecule has 0 aliphatic heterocycles. The Morgan fingerprint density at radius 2 is 2.00 bits per heavy atom. The maximum Gasteiger partial charge on any atom is 0.140 e. The Morgan fingerprint density at radius 3 is 2.74 bits per heavy atom. The number of anilines is 1. The third-order valence-electron chi connectivity index (χ3n) is 2.73. The number of nitrogens with two attached hydrogens (primary N) is 1. The van der Waals surface area contributed by atoms with Crippen molar-refractivity contribution in [3.05, 3.63) is 58.7 Å². The molecule has 2 rings (SSSR count). The summed E-state index contributed by atoms with van der Waals surface area (Å²) in [5.74, 6) is 6.02. The second kappa shape index (κ2) is 6.52. The van der Waals surface area contributed by atoms with Crippen LogP contribution in [0.3, 0.4) is 0 Å². The van der Waals surface area contributed by atoms with E-state index in [9.17, 15) is 0 Å². The normalized spacial score (nSPS) is 10.7. The average Bonchev–Trinajstić information content (AvgIpc) is 2.38. The number of hydrazine groups is 1. The summed E-state index contributed by atoms with van der Waals surface area (Å²) in [4.78, 5) is 6.56. The molecule has 0 saturated heterocycles. The van der Waals surface area contributed by atoms with E-state index < -0.39 is 0 Å². The van der Waals surface area contributed by atoms with Gasteiger partial charge in [0, 0.05) is 18.1 Å². The first-order valence-electron chi connectivity index (χ1n) is 6.03. The molecule has 1 aromatic carbocycles. The smallest absolute Gasteiger partial charge is 0.140 e. The molecule has 1 heterocycles. The number of rotatable bonds is 5. The predicted molar refractivity (Wildman–Crippen MR) is 78.7 cm³/mol. The molecule has 0 aliphatic carbocycles. The highest BCUT2D eigenvalue weighted by molar-refractivity contribution is 6.30. The number of nitrogens with zero attached hydrogens (tertiary/aromatic N) is 2. The van der Waals surface area contributed by atoms with Crippen molar-refractivity contribution in [2.45, 2.75) is 13.1 Å². The second-order valence-electron chi connectivity index (χ2n) is 4.46. The molecule has 0 atom stereocenters. The van der Waals surface area contributed by atoms with Crippen molar-refractivity contribution in [1.29, 1.82) is 0 Å². The molecule has 0 saturated carbocycles. The summed E-state index contributed by atoms with van der Waals surface area (Å²) >= 11 is 5.98. The summed E-state index contributed by atoms with van der Waals surface area (Å²) in [6.07, 6.45) is 0. The fourth-order valence-electron chi connectivity index (χ4n) is 1.93. The highest BCUT2D eigenvalue weighted by Crippen LogP contribution is 2.13. The number of nitrogens with one attached hydrogen (secondary N) is 1. The zero-order valence-electron chi connectivity index (χ0n) is 10.8. The molecule has 3 N–H and O–H groups in total. The Kier molecular flexibility index (Phi) is 4.74.